The first kappa shape index (κ1) is 13.0. The van der Waals surface area contributed by atoms with E-state index in [0.717, 1.165) is 16.5 Å². The van der Waals surface area contributed by atoms with Crippen LogP contribution < -0.4 is 10.6 Å². The normalized spacial score (nSPS) is 18.9. The molecule has 1 aliphatic rings. The van der Waals surface area contributed by atoms with Crippen LogP contribution in [0.4, 0.5) is 5.82 Å². The van der Waals surface area contributed by atoms with Crippen LogP contribution in [0, 0.1) is 0 Å². The molecular weight excluding hydrogens is 284 g/mol. The fourth-order valence-electron chi connectivity index (χ4n) is 2.75. The van der Waals surface area contributed by atoms with Crippen LogP contribution >= 0.6 is 0 Å². The molecule has 1 saturated heterocycles. The van der Waals surface area contributed by atoms with Crippen LogP contribution in [0.3, 0.4) is 0 Å². The number of hydrogen-bond donors (Lipinski definition) is 1. The van der Waals surface area contributed by atoms with Crippen LogP contribution in [-0.4, -0.2) is 41.7 Å². The molecule has 7 nitrogen and oxygen atoms in total. The first-order valence-electron chi connectivity index (χ1n) is 7.02. The molecule has 2 aromatic heterocycles. The lowest BCUT2D eigenvalue weighted by Crippen LogP contribution is -2.48. The largest absolute Gasteiger partial charge is 0.450 e. The van der Waals surface area contributed by atoms with Gasteiger partial charge in [-0.3, -0.25) is 4.79 Å². The number of para-hydroxylation sites is 1. The van der Waals surface area contributed by atoms with Gasteiger partial charge in [-0.15, -0.1) is 0 Å². The second kappa shape index (κ2) is 4.96. The minimum absolute atomic E-state index is 0.360. The smallest absolute Gasteiger partial charge is 0.248 e. The molecule has 0 bridgehead atoms. The maximum atomic E-state index is 11.4. The van der Waals surface area contributed by atoms with Crippen LogP contribution in [0.2, 0.25) is 0 Å². The SMILES string of the molecule is NC(=O)[C@H]1CN(c2ncnc3c2oc2ccccc23)CCO1. The molecule has 1 aliphatic heterocycles. The van der Waals surface area contributed by atoms with E-state index in [1.165, 1.54) is 6.33 Å². The molecule has 4 rings (SSSR count). The molecule has 0 radical (unpaired) electrons. The lowest BCUT2D eigenvalue weighted by molar-refractivity contribution is -0.130. The number of aromatic nitrogens is 2. The van der Waals surface area contributed by atoms with Crippen LogP contribution in [0.15, 0.2) is 35.0 Å². The average Bonchev–Trinajstić information content (AvgIpc) is 2.93. The number of primary amides is 1. The van der Waals surface area contributed by atoms with Gasteiger partial charge in [0.15, 0.2) is 17.5 Å². The Bertz CT molecular complexity index is 860. The predicted octanol–water partition coefficient (Wildman–Crippen LogP) is 1.07. The molecule has 7 heteroatoms. The molecule has 3 aromatic rings. The Hall–Kier alpha value is -2.67. The van der Waals surface area contributed by atoms with Crippen LogP contribution in [-0.2, 0) is 9.53 Å². The topological polar surface area (TPSA) is 94.5 Å². The highest BCUT2D eigenvalue weighted by molar-refractivity contribution is 6.05. The highest BCUT2D eigenvalue weighted by Crippen LogP contribution is 2.32. The molecule has 1 amide bonds. The van der Waals surface area contributed by atoms with Crippen molar-refractivity contribution in [3.8, 4) is 0 Å². The number of morpholine rings is 1. The zero-order chi connectivity index (χ0) is 15.1. The van der Waals surface area contributed by atoms with Gasteiger partial charge in [-0.2, -0.15) is 0 Å². The number of fused-ring (bicyclic) bond motifs is 3. The number of carbonyl (C=O) groups excluding carboxylic acids is 1. The number of anilines is 1. The fraction of sp³-hybridized carbons (Fsp3) is 0.267. The van der Waals surface area contributed by atoms with Crippen LogP contribution in [0.25, 0.3) is 22.1 Å². The summed E-state index contributed by atoms with van der Waals surface area (Å²) in [5, 5.41) is 0.945. The van der Waals surface area contributed by atoms with Gasteiger partial charge in [0.05, 0.1) is 13.2 Å². The zero-order valence-electron chi connectivity index (χ0n) is 11.7. The summed E-state index contributed by atoms with van der Waals surface area (Å²) in [4.78, 5) is 22.0. The van der Waals surface area contributed by atoms with Gasteiger partial charge in [0, 0.05) is 11.9 Å². The quantitative estimate of drug-likeness (QED) is 0.760. The summed E-state index contributed by atoms with van der Waals surface area (Å²) in [6.45, 7) is 1.39. The Morgan fingerprint density at radius 1 is 1.32 bits per heavy atom. The Balaban J connectivity index is 1.83. The van der Waals surface area contributed by atoms with Crippen LogP contribution in [0.1, 0.15) is 0 Å². The lowest BCUT2D eigenvalue weighted by atomic mass is 10.2. The molecule has 22 heavy (non-hydrogen) atoms. The molecule has 0 spiro atoms. The maximum Gasteiger partial charge on any atom is 0.248 e. The number of benzene rings is 1. The van der Waals surface area contributed by atoms with E-state index < -0.39 is 12.0 Å². The monoisotopic (exact) mass is 298 g/mol. The molecule has 0 aliphatic carbocycles. The van der Waals surface area contributed by atoms with Crippen molar-refractivity contribution in [2.75, 3.05) is 24.6 Å². The van der Waals surface area contributed by atoms with Gasteiger partial charge in [0.25, 0.3) is 0 Å². The third-order valence-electron chi connectivity index (χ3n) is 3.82. The van der Waals surface area contributed by atoms with Gasteiger partial charge in [-0.25, -0.2) is 9.97 Å². The minimum Gasteiger partial charge on any atom is -0.450 e. The highest BCUT2D eigenvalue weighted by Gasteiger charge is 2.27. The third-order valence-corrected chi connectivity index (χ3v) is 3.82. The van der Waals surface area contributed by atoms with Gasteiger partial charge >= 0.3 is 0 Å². The van der Waals surface area contributed by atoms with Gasteiger partial charge in [0.2, 0.25) is 5.91 Å². The van der Waals surface area contributed by atoms with Crippen molar-refractivity contribution < 1.29 is 13.9 Å². The van der Waals surface area contributed by atoms with Gasteiger partial charge in [0.1, 0.15) is 17.4 Å². The first-order chi connectivity index (χ1) is 10.7. The second-order valence-corrected chi connectivity index (χ2v) is 5.18. The van der Waals surface area contributed by atoms with E-state index in [9.17, 15) is 4.79 Å². The Morgan fingerprint density at radius 2 is 2.18 bits per heavy atom. The number of rotatable bonds is 2. The van der Waals surface area contributed by atoms with Gasteiger partial charge < -0.3 is 19.8 Å². The highest BCUT2D eigenvalue weighted by atomic mass is 16.5. The molecule has 1 atom stereocenters. The summed E-state index contributed by atoms with van der Waals surface area (Å²) in [5.41, 5.74) is 7.48. The summed E-state index contributed by atoms with van der Waals surface area (Å²) in [7, 11) is 0. The number of amides is 1. The molecule has 0 unspecified atom stereocenters. The van der Waals surface area contributed by atoms with E-state index in [2.05, 4.69) is 9.97 Å². The number of nitrogens with zero attached hydrogens (tertiary/aromatic N) is 3. The molecular formula is C15H14N4O3. The molecule has 112 valence electrons. The Morgan fingerprint density at radius 3 is 3.05 bits per heavy atom. The van der Waals surface area contributed by atoms with Crippen molar-refractivity contribution in [2.45, 2.75) is 6.10 Å². The van der Waals surface area contributed by atoms with E-state index in [-0.39, 0.29) is 0 Å². The average molecular weight is 298 g/mol. The van der Waals surface area contributed by atoms with Crippen molar-refractivity contribution in [1.82, 2.24) is 9.97 Å². The third kappa shape index (κ3) is 1.98. The lowest BCUT2D eigenvalue weighted by Gasteiger charge is -2.31. The number of furan rings is 1. The fourth-order valence-corrected chi connectivity index (χ4v) is 2.75. The summed E-state index contributed by atoms with van der Waals surface area (Å²) < 4.78 is 11.3. The van der Waals surface area contributed by atoms with E-state index in [1.54, 1.807) is 0 Å². The standard InChI is InChI=1S/C15H14N4O3/c16-14(20)11-7-19(5-6-21-11)15-13-12(17-8-18-15)9-3-1-2-4-10(9)22-13/h1-4,8,11H,5-7H2,(H2,16,20)/t11-/m1/s1. The van der Waals surface area contributed by atoms with Crippen molar-refractivity contribution >= 4 is 33.8 Å². The Kier molecular flexibility index (Phi) is 2.93. The number of ether oxygens (including phenoxy) is 1. The number of hydrogen-bond acceptors (Lipinski definition) is 6. The zero-order valence-corrected chi connectivity index (χ0v) is 11.7. The molecule has 1 aromatic carbocycles. The maximum absolute atomic E-state index is 11.4. The van der Waals surface area contributed by atoms with Crippen LogP contribution in [0.5, 0.6) is 0 Å². The first-order valence-corrected chi connectivity index (χ1v) is 7.02. The predicted molar refractivity (Wildman–Crippen MR) is 80.5 cm³/mol. The summed E-state index contributed by atoms with van der Waals surface area (Å²) in [5.74, 6) is 0.190. The minimum atomic E-state index is -0.636. The van der Waals surface area contributed by atoms with Crippen molar-refractivity contribution in [1.29, 1.82) is 0 Å². The molecule has 0 saturated carbocycles. The summed E-state index contributed by atoms with van der Waals surface area (Å²) >= 11 is 0. The molecule has 2 N–H and O–H groups in total. The summed E-state index contributed by atoms with van der Waals surface area (Å²) in [6, 6.07) is 7.71. The van der Waals surface area contributed by atoms with E-state index in [1.807, 2.05) is 29.2 Å². The molecule has 3 heterocycles. The van der Waals surface area contributed by atoms with E-state index >= 15 is 0 Å². The van der Waals surface area contributed by atoms with E-state index in [0.29, 0.717) is 31.1 Å². The van der Waals surface area contributed by atoms with E-state index in [4.69, 9.17) is 14.9 Å². The van der Waals surface area contributed by atoms with Crippen molar-refractivity contribution in [2.24, 2.45) is 5.73 Å². The molecule has 1 fully saturated rings. The second-order valence-electron chi connectivity index (χ2n) is 5.18. The van der Waals surface area contributed by atoms with Crippen molar-refractivity contribution in [3.05, 3.63) is 30.6 Å². The van der Waals surface area contributed by atoms with Gasteiger partial charge in [-0.1, -0.05) is 12.1 Å². The number of nitrogens with two attached hydrogens (primary N) is 1. The van der Waals surface area contributed by atoms with Crippen molar-refractivity contribution in [3.63, 3.8) is 0 Å². The summed E-state index contributed by atoms with van der Waals surface area (Å²) in [6.07, 6.45) is 0.872. The Labute approximate surface area is 125 Å². The van der Waals surface area contributed by atoms with Gasteiger partial charge in [-0.05, 0) is 12.1 Å². The number of carbonyl (C=O) groups is 1.